The molecule has 0 aliphatic heterocycles. The van der Waals surface area contributed by atoms with Crippen LogP contribution in [0.4, 0.5) is 0 Å². The Morgan fingerprint density at radius 1 is 1.50 bits per heavy atom. The van der Waals surface area contributed by atoms with Crippen molar-refractivity contribution in [2.45, 2.75) is 12.6 Å². The summed E-state index contributed by atoms with van der Waals surface area (Å²) in [5.74, 6) is -1.19. The number of benzene rings is 1. The summed E-state index contributed by atoms with van der Waals surface area (Å²) < 4.78 is 5.15. The molecule has 6 heteroatoms. The first-order valence-electron chi connectivity index (χ1n) is 4.62. The largest absolute Gasteiger partial charge is 0.481 e. The molecule has 0 saturated carbocycles. The Labute approximate surface area is 92.1 Å². The highest BCUT2D eigenvalue weighted by atomic mass is 16.5. The average Bonchev–Trinajstić information content (AvgIpc) is 2.29. The number of rotatable bonds is 6. The quantitative estimate of drug-likeness (QED) is 0.451. The van der Waals surface area contributed by atoms with Crippen LogP contribution in [0.2, 0.25) is 0 Å². The molecule has 0 heterocycles. The summed E-state index contributed by atoms with van der Waals surface area (Å²) in [4.78, 5) is 13.0. The number of azide groups is 1. The van der Waals surface area contributed by atoms with Gasteiger partial charge >= 0.3 is 5.97 Å². The Hall–Kier alpha value is -2.04. The minimum absolute atomic E-state index is 0.131. The molecule has 0 saturated heterocycles. The van der Waals surface area contributed by atoms with E-state index < -0.39 is 12.0 Å². The summed E-state index contributed by atoms with van der Waals surface area (Å²) in [6, 6.07) is 8.16. The summed E-state index contributed by atoms with van der Waals surface area (Å²) in [6.45, 7) is 0.167. The monoisotopic (exact) mass is 221 g/mol. The molecule has 1 N–H and O–H groups in total. The number of hydrogen-bond acceptors (Lipinski definition) is 3. The van der Waals surface area contributed by atoms with E-state index in [2.05, 4.69) is 10.0 Å². The molecule has 0 radical (unpaired) electrons. The predicted molar refractivity (Wildman–Crippen MR) is 56.7 cm³/mol. The predicted octanol–water partition coefficient (Wildman–Crippen LogP) is 1.97. The van der Waals surface area contributed by atoms with Gasteiger partial charge in [-0.2, -0.15) is 0 Å². The number of ether oxygens (including phenoxy) is 1. The van der Waals surface area contributed by atoms with Gasteiger partial charge in [0.2, 0.25) is 0 Å². The van der Waals surface area contributed by atoms with Gasteiger partial charge in [0.25, 0.3) is 0 Å². The zero-order chi connectivity index (χ0) is 11.8. The van der Waals surface area contributed by atoms with Crippen LogP contribution >= 0.6 is 0 Å². The minimum atomic E-state index is -1.19. The second-order valence-corrected chi connectivity index (χ2v) is 3.06. The van der Waals surface area contributed by atoms with Gasteiger partial charge in [-0.05, 0) is 11.1 Å². The van der Waals surface area contributed by atoms with Crippen molar-refractivity contribution in [2.75, 3.05) is 6.61 Å². The first kappa shape index (κ1) is 12.0. The van der Waals surface area contributed by atoms with E-state index in [0.29, 0.717) is 6.61 Å². The van der Waals surface area contributed by atoms with Gasteiger partial charge in [0.15, 0.2) is 6.04 Å². The molecule has 1 atom stereocenters. The standard InChI is InChI=1S/C10H11N3O3/c11-13-12-9(10(14)15)7-16-6-8-4-2-1-3-5-8/h1-5,9H,6-7H2,(H,14,15). The molecule has 84 valence electrons. The zero-order valence-electron chi connectivity index (χ0n) is 8.48. The lowest BCUT2D eigenvalue weighted by Crippen LogP contribution is -2.23. The van der Waals surface area contributed by atoms with E-state index in [0.717, 1.165) is 5.56 Å². The van der Waals surface area contributed by atoms with Crippen LogP contribution in [0.25, 0.3) is 10.4 Å². The molecule has 0 amide bonds. The molecule has 1 aromatic rings. The SMILES string of the molecule is [N-]=[N+]=NC(COCc1ccccc1)C(=O)O. The molecule has 0 aliphatic carbocycles. The highest BCUT2D eigenvalue weighted by Crippen LogP contribution is 2.02. The van der Waals surface area contributed by atoms with Gasteiger partial charge in [-0.3, -0.25) is 4.79 Å². The fourth-order valence-corrected chi connectivity index (χ4v) is 1.08. The molecule has 0 aromatic heterocycles. The Morgan fingerprint density at radius 3 is 2.75 bits per heavy atom. The highest BCUT2D eigenvalue weighted by Gasteiger charge is 2.15. The fourth-order valence-electron chi connectivity index (χ4n) is 1.08. The first-order valence-corrected chi connectivity index (χ1v) is 4.62. The van der Waals surface area contributed by atoms with E-state index in [1.54, 1.807) is 0 Å². The van der Waals surface area contributed by atoms with Gasteiger partial charge in [-0.1, -0.05) is 35.4 Å². The molecule has 1 aromatic carbocycles. The smallest absolute Gasteiger partial charge is 0.314 e. The third-order valence-electron chi connectivity index (χ3n) is 1.86. The number of carbonyl (C=O) groups is 1. The maximum atomic E-state index is 10.6. The van der Waals surface area contributed by atoms with Crippen molar-refractivity contribution < 1.29 is 14.6 Å². The summed E-state index contributed by atoms with van der Waals surface area (Å²) in [5.41, 5.74) is 9.08. The molecular weight excluding hydrogens is 210 g/mol. The van der Waals surface area contributed by atoms with Crippen molar-refractivity contribution >= 4 is 5.97 Å². The number of carboxylic acids is 1. The second-order valence-electron chi connectivity index (χ2n) is 3.06. The average molecular weight is 221 g/mol. The van der Waals surface area contributed by atoms with E-state index in [-0.39, 0.29) is 6.61 Å². The third kappa shape index (κ3) is 4.00. The Kier molecular flexibility index (Phi) is 4.85. The molecule has 1 rings (SSSR count). The molecule has 0 bridgehead atoms. The Morgan fingerprint density at radius 2 is 2.19 bits per heavy atom. The van der Waals surface area contributed by atoms with Crippen LogP contribution in [-0.2, 0) is 16.1 Å². The van der Waals surface area contributed by atoms with E-state index in [1.165, 1.54) is 0 Å². The van der Waals surface area contributed by atoms with Gasteiger partial charge in [0.1, 0.15) is 0 Å². The molecule has 0 aliphatic rings. The second kappa shape index (κ2) is 6.44. The van der Waals surface area contributed by atoms with Crippen molar-refractivity contribution in [3.63, 3.8) is 0 Å². The zero-order valence-corrected chi connectivity index (χ0v) is 8.48. The van der Waals surface area contributed by atoms with Crippen molar-refractivity contribution in [1.82, 2.24) is 0 Å². The van der Waals surface area contributed by atoms with Crippen molar-refractivity contribution in [3.05, 3.63) is 46.3 Å². The molecular formula is C10H11N3O3. The molecule has 16 heavy (non-hydrogen) atoms. The van der Waals surface area contributed by atoms with Gasteiger partial charge in [0, 0.05) is 4.91 Å². The normalized spacial score (nSPS) is 11.5. The lowest BCUT2D eigenvalue weighted by Gasteiger charge is -2.07. The molecule has 1 unspecified atom stereocenters. The number of carboxylic acid groups (broad SMARTS) is 1. The first-order chi connectivity index (χ1) is 7.74. The van der Waals surface area contributed by atoms with Gasteiger partial charge in [-0.15, -0.1) is 0 Å². The summed E-state index contributed by atoms with van der Waals surface area (Å²) in [5, 5.41) is 11.8. The maximum Gasteiger partial charge on any atom is 0.314 e. The summed E-state index contributed by atoms with van der Waals surface area (Å²) in [7, 11) is 0. The molecule has 0 fully saturated rings. The Bertz CT molecular complexity index is 386. The molecule has 6 nitrogen and oxygen atoms in total. The van der Waals surface area contributed by atoms with Gasteiger partial charge < -0.3 is 9.84 Å². The van der Waals surface area contributed by atoms with E-state index in [9.17, 15) is 4.79 Å². The number of hydrogen-bond donors (Lipinski definition) is 1. The minimum Gasteiger partial charge on any atom is -0.481 e. The third-order valence-corrected chi connectivity index (χ3v) is 1.86. The van der Waals surface area contributed by atoms with Crippen molar-refractivity contribution in [3.8, 4) is 0 Å². The number of aliphatic carboxylic acids is 1. The topological polar surface area (TPSA) is 95.3 Å². The van der Waals surface area contributed by atoms with E-state index in [1.807, 2.05) is 30.3 Å². The Balaban J connectivity index is 2.39. The lowest BCUT2D eigenvalue weighted by molar-refractivity contribution is -0.140. The van der Waals surface area contributed by atoms with Crippen LogP contribution in [-0.4, -0.2) is 23.7 Å². The van der Waals surface area contributed by atoms with Gasteiger partial charge in [-0.25, -0.2) is 0 Å². The van der Waals surface area contributed by atoms with Crippen molar-refractivity contribution in [2.24, 2.45) is 5.11 Å². The highest BCUT2D eigenvalue weighted by molar-refractivity contribution is 5.73. The summed E-state index contributed by atoms with van der Waals surface area (Å²) in [6.07, 6.45) is 0. The van der Waals surface area contributed by atoms with Crippen LogP contribution in [0.1, 0.15) is 5.56 Å². The van der Waals surface area contributed by atoms with Crippen molar-refractivity contribution in [1.29, 1.82) is 0 Å². The lowest BCUT2D eigenvalue weighted by atomic mass is 10.2. The van der Waals surface area contributed by atoms with Crippen LogP contribution in [0.3, 0.4) is 0 Å². The number of nitrogens with zero attached hydrogens (tertiary/aromatic N) is 3. The van der Waals surface area contributed by atoms with E-state index in [4.69, 9.17) is 15.4 Å². The fraction of sp³-hybridized carbons (Fsp3) is 0.300. The summed E-state index contributed by atoms with van der Waals surface area (Å²) >= 11 is 0. The van der Waals surface area contributed by atoms with Gasteiger partial charge in [0.05, 0.1) is 13.2 Å². The molecule has 0 spiro atoms. The maximum absolute atomic E-state index is 10.6. The van der Waals surface area contributed by atoms with Crippen LogP contribution in [0.15, 0.2) is 35.4 Å². The van der Waals surface area contributed by atoms with Crippen LogP contribution in [0, 0.1) is 0 Å². The van der Waals surface area contributed by atoms with Crippen LogP contribution in [0.5, 0.6) is 0 Å². The van der Waals surface area contributed by atoms with E-state index >= 15 is 0 Å². The van der Waals surface area contributed by atoms with Crippen LogP contribution < -0.4 is 0 Å².